The number of allylic oxidation sites excluding steroid dienone is 3. The molecule has 0 aromatic carbocycles. The van der Waals surface area contributed by atoms with Crippen LogP contribution in [0.2, 0.25) is 0 Å². The second-order valence-electron chi connectivity index (χ2n) is 9.25. The van der Waals surface area contributed by atoms with Gasteiger partial charge in [-0.2, -0.15) is 0 Å². The molecule has 0 aliphatic carbocycles. The van der Waals surface area contributed by atoms with E-state index >= 15 is 0 Å². The van der Waals surface area contributed by atoms with Crippen LogP contribution in [0.25, 0.3) is 0 Å². The lowest BCUT2D eigenvalue weighted by Crippen LogP contribution is -2.45. The summed E-state index contributed by atoms with van der Waals surface area (Å²) in [6.07, 6.45) is 22.4. The van der Waals surface area contributed by atoms with E-state index < -0.39 is 20.0 Å². The number of rotatable bonds is 25. The Morgan fingerprint density at radius 2 is 1.50 bits per heavy atom. The molecule has 9 heteroatoms. The van der Waals surface area contributed by atoms with Crippen molar-refractivity contribution in [3.63, 3.8) is 0 Å². The maximum atomic E-state index is 12.5. The summed E-state index contributed by atoms with van der Waals surface area (Å²) in [5.41, 5.74) is 5.30. The van der Waals surface area contributed by atoms with Crippen molar-refractivity contribution in [1.82, 2.24) is 5.32 Å². The van der Waals surface area contributed by atoms with Crippen LogP contribution in [0, 0.1) is 0 Å². The number of aliphatic hydroxyl groups excluding tert-OH is 1. The maximum absolute atomic E-state index is 12.5. The molecule has 3 atom stereocenters. The highest BCUT2D eigenvalue weighted by molar-refractivity contribution is 7.47. The number of amides is 1. The minimum Gasteiger partial charge on any atom is -0.387 e. The molecule has 0 saturated carbocycles. The number of nitrogens with two attached hydrogens (primary N) is 1. The van der Waals surface area contributed by atoms with E-state index in [1.54, 1.807) is 6.08 Å². The second kappa shape index (κ2) is 24.3. The van der Waals surface area contributed by atoms with E-state index in [0.29, 0.717) is 6.42 Å². The van der Waals surface area contributed by atoms with Crippen molar-refractivity contribution in [2.45, 2.75) is 122 Å². The van der Waals surface area contributed by atoms with Gasteiger partial charge in [-0.3, -0.25) is 13.8 Å². The minimum atomic E-state index is -4.31. The highest BCUT2D eigenvalue weighted by Gasteiger charge is 2.26. The molecular formula is C27H53N2O6P. The van der Waals surface area contributed by atoms with Crippen molar-refractivity contribution in [2.24, 2.45) is 5.73 Å². The van der Waals surface area contributed by atoms with Crippen LogP contribution in [0.4, 0.5) is 0 Å². The minimum absolute atomic E-state index is 0.0766. The number of hydrogen-bond donors (Lipinski definition) is 4. The molecule has 0 rings (SSSR count). The van der Waals surface area contributed by atoms with Gasteiger partial charge in [0.2, 0.25) is 5.91 Å². The fourth-order valence-electron chi connectivity index (χ4n) is 3.60. The Bertz CT molecular complexity index is 629. The zero-order valence-electron chi connectivity index (χ0n) is 22.7. The van der Waals surface area contributed by atoms with Gasteiger partial charge in [0.05, 0.1) is 25.4 Å². The average molecular weight is 533 g/mol. The zero-order chi connectivity index (χ0) is 26.9. The van der Waals surface area contributed by atoms with Crippen LogP contribution in [0.1, 0.15) is 110 Å². The SMILES string of the molecule is CCC/C=C\CCCCCCCC(=O)NC(COP(=O)(O)OCCN)C(O)/C=C/CCCCCCC. The highest BCUT2D eigenvalue weighted by Crippen LogP contribution is 2.43. The van der Waals surface area contributed by atoms with Crippen molar-refractivity contribution >= 4 is 13.7 Å². The lowest BCUT2D eigenvalue weighted by molar-refractivity contribution is -0.123. The summed E-state index contributed by atoms with van der Waals surface area (Å²) in [5.74, 6) is -0.214. The van der Waals surface area contributed by atoms with E-state index in [1.807, 2.05) is 6.08 Å². The summed E-state index contributed by atoms with van der Waals surface area (Å²) >= 11 is 0. The summed E-state index contributed by atoms with van der Waals surface area (Å²) in [4.78, 5) is 22.2. The number of carbonyl (C=O) groups is 1. The molecule has 0 aromatic heterocycles. The van der Waals surface area contributed by atoms with E-state index in [0.717, 1.165) is 64.2 Å². The summed E-state index contributed by atoms with van der Waals surface area (Å²) in [5, 5.41) is 13.4. The predicted molar refractivity (Wildman–Crippen MR) is 148 cm³/mol. The van der Waals surface area contributed by atoms with E-state index in [-0.39, 0.29) is 25.7 Å². The number of nitrogens with one attached hydrogen (secondary N) is 1. The number of hydrogen-bond acceptors (Lipinski definition) is 6. The lowest BCUT2D eigenvalue weighted by Gasteiger charge is -2.23. The lowest BCUT2D eigenvalue weighted by atomic mass is 10.1. The third-order valence-electron chi connectivity index (χ3n) is 5.75. The van der Waals surface area contributed by atoms with Gasteiger partial charge < -0.3 is 21.1 Å². The van der Waals surface area contributed by atoms with Gasteiger partial charge >= 0.3 is 7.82 Å². The first kappa shape index (κ1) is 35.0. The zero-order valence-corrected chi connectivity index (χ0v) is 23.6. The predicted octanol–water partition coefficient (Wildman–Crippen LogP) is 5.93. The average Bonchev–Trinajstić information content (AvgIpc) is 2.85. The van der Waals surface area contributed by atoms with Crippen LogP contribution in [-0.4, -0.2) is 47.8 Å². The molecule has 0 aromatic rings. The number of phosphoric acid groups is 1. The Balaban J connectivity index is 4.52. The van der Waals surface area contributed by atoms with Gasteiger partial charge in [0.1, 0.15) is 0 Å². The summed E-state index contributed by atoms with van der Waals surface area (Å²) < 4.78 is 21.7. The van der Waals surface area contributed by atoms with Crippen LogP contribution in [0.3, 0.4) is 0 Å². The third kappa shape index (κ3) is 22.2. The Hall–Kier alpha value is -1.02. The molecule has 0 fully saturated rings. The molecule has 0 aliphatic rings. The molecular weight excluding hydrogens is 479 g/mol. The van der Waals surface area contributed by atoms with Gasteiger partial charge in [-0.25, -0.2) is 4.57 Å². The Morgan fingerprint density at radius 1 is 0.889 bits per heavy atom. The Labute approximate surface area is 219 Å². The molecule has 0 bridgehead atoms. The second-order valence-corrected chi connectivity index (χ2v) is 10.7. The van der Waals surface area contributed by atoms with Crippen molar-refractivity contribution in [3.8, 4) is 0 Å². The third-order valence-corrected chi connectivity index (χ3v) is 6.74. The molecule has 0 aliphatic heterocycles. The maximum Gasteiger partial charge on any atom is 0.472 e. The molecule has 0 saturated heterocycles. The highest BCUT2D eigenvalue weighted by atomic mass is 31.2. The van der Waals surface area contributed by atoms with Crippen molar-refractivity contribution in [1.29, 1.82) is 0 Å². The molecule has 1 amide bonds. The van der Waals surface area contributed by atoms with Crippen molar-refractivity contribution in [3.05, 3.63) is 24.3 Å². The summed E-state index contributed by atoms with van der Waals surface area (Å²) in [6.45, 7) is 3.95. The summed E-state index contributed by atoms with van der Waals surface area (Å²) in [7, 11) is -4.31. The first-order valence-corrected chi connectivity index (χ1v) is 15.5. The van der Waals surface area contributed by atoms with Crippen LogP contribution < -0.4 is 11.1 Å². The fraction of sp³-hybridized carbons (Fsp3) is 0.815. The number of phosphoric ester groups is 1. The van der Waals surface area contributed by atoms with Crippen molar-refractivity contribution in [2.75, 3.05) is 19.8 Å². The van der Waals surface area contributed by atoms with Gasteiger partial charge in [0.25, 0.3) is 0 Å². The quantitative estimate of drug-likeness (QED) is 0.0651. The van der Waals surface area contributed by atoms with E-state index in [9.17, 15) is 19.4 Å². The van der Waals surface area contributed by atoms with Gasteiger partial charge in [-0.1, -0.05) is 89.5 Å². The van der Waals surface area contributed by atoms with Gasteiger partial charge in [0, 0.05) is 13.0 Å². The normalized spacial score (nSPS) is 15.4. The molecule has 8 nitrogen and oxygen atoms in total. The molecule has 0 spiro atoms. The first-order chi connectivity index (χ1) is 17.4. The monoisotopic (exact) mass is 532 g/mol. The molecule has 0 radical (unpaired) electrons. The van der Waals surface area contributed by atoms with Crippen LogP contribution in [-0.2, 0) is 18.4 Å². The number of aliphatic hydroxyl groups is 1. The molecule has 212 valence electrons. The van der Waals surface area contributed by atoms with Gasteiger partial charge in [-0.15, -0.1) is 0 Å². The topological polar surface area (TPSA) is 131 Å². The molecule has 3 unspecified atom stereocenters. The Morgan fingerprint density at radius 3 is 2.17 bits per heavy atom. The standard InChI is InChI=1S/C27H53N2O6P/c1-3-5-7-9-11-12-13-15-17-19-21-27(31)29-25(24-35-36(32,33)34-23-22-28)26(30)20-18-16-14-10-8-6-4-2/h7,9,18,20,25-26,30H,3-6,8,10-17,19,21-24,28H2,1-2H3,(H,29,31)(H,32,33)/b9-7-,20-18+. The smallest absolute Gasteiger partial charge is 0.387 e. The largest absolute Gasteiger partial charge is 0.472 e. The molecule has 36 heavy (non-hydrogen) atoms. The van der Waals surface area contributed by atoms with E-state index in [4.69, 9.17) is 14.8 Å². The van der Waals surface area contributed by atoms with E-state index in [2.05, 4.69) is 31.3 Å². The first-order valence-electron chi connectivity index (χ1n) is 14.0. The van der Waals surface area contributed by atoms with Gasteiger partial charge in [0.15, 0.2) is 0 Å². The number of carbonyl (C=O) groups excluding carboxylic acids is 1. The molecule has 0 heterocycles. The van der Waals surface area contributed by atoms with Gasteiger partial charge in [-0.05, 0) is 38.5 Å². The summed E-state index contributed by atoms with van der Waals surface area (Å²) in [6, 6.07) is -0.856. The molecule has 5 N–H and O–H groups in total. The Kier molecular flexibility index (Phi) is 23.6. The van der Waals surface area contributed by atoms with Crippen LogP contribution in [0.15, 0.2) is 24.3 Å². The van der Waals surface area contributed by atoms with E-state index in [1.165, 1.54) is 25.7 Å². The number of unbranched alkanes of at least 4 members (excludes halogenated alkanes) is 11. The fourth-order valence-corrected chi connectivity index (χ4v) is 4.36. The van der Waals surface area contributed by atoms with Crippen LogP contribution >= 0.6 is 7.82 Å². The van der Waals surface area contributed by atoms with Crippen LogP contribution in [0.5, 0.6) is 0 Å². The van der Waals surface area contributed by atoms with Crippen molar-refractivity contribution < 1.29 is 28.4 Å².